The van der Waals surface area contributed by atoms with E-state index in [1.165, 1.54) is 18.2 Å². The van der Waals surface area contributed by atoms with E-state index in [4.69, 9.17) is 5.73 Å². The summed E-state index contributed by atoms with van der Waals surface area (Å²) in [5.41, 5.74) is 8.40. The van der Waals surface area contributed by atoms with Gasteiger partial charge in [0.2, 0.25) is 0 Å². The van der Waals surface area contributed by atoms with Crippen LogP contribution in [0.4, 0.5) is 10.1 Å². The molecule has 0 aliphatic carbocycles. The van der Waals surface area contributed by atoms with E-state index < -0.39 is 0 Å². The average Bonchev–Trinajstić information content (AvgIpc) is 2.38. The van der Waals surface area contributed by atoms with Crippen LogP contribution in [0.5, 0.6) is 0 Å². The second-order valence-corrected chi connectivity index (χ2v) is 4.82. The number of nitrogen functional groups attached to an aromatic ring is 1. The van der Waals surface area contributed by atoms with E-state index in [1.807, 2.05) is 25.1 Å². The van der Waals surface area contributed by atoms with Gasteiger partial charge in [0.1, 0.15) is 5.82 Å². The number of aryl methyl sites for hydroxylation is 1. The molecule has 0 fully saturated rings. The summed E-state index contributed by atoms with van der Waals surface area (Å²) < 4.78 is 13.0. The van der Waals surface area contributed by atoms with Crippen LogP contribution in [0.3, 0.4) is 0 Å². The third-order valence-corrected chi connectivity index (χ3v) is 3.19. The van der Waals surface area contributed by atoms with Crippen molar-refractivity contribution in [3.63, 3.8) is 0 Å². The van der Waals surface area contributed by atoms with Crippen LogP contribution in [-0.4, -0.2) is 5.91 Å². The number of amides is 1. The van der Waals surface area contributed by atoms with Gasteiger partial charge in [-0.3, -0.25) is 4.79 Å². The summed E-state index contributed by atoms with van der Waals surface area (Å²) in [6.45, 7) is 3.59. The van der Waals surface area contributed by atoms with Gasteiger partial charge in [-0.15, -0.1) is 0 Å². The molecule has 3 nitrogen and oxygen atoms in total. The fraction of sp³-hybridized carbons (Fsp3) is 0.188. The van der Waals surface area contributed by atoms with Gasteiger partial charge >= 0.3 is 0 Å². The zero-order valence-corrected chi connectivity index (χ0v) is 11.5. The van der Waals surface area contributed by atoms with Gasteiger partial charge in [0.25, 0.3) is 5.91 Å². The van der Waals surface area contributed by atoms with Crippen LogP contribution in [0.1, 0.15) is 34.5 Å². The number of carbonyl (C=O) groups is 1. The summed E-state index contributed by atoms with van der Waals surface area (Å²) in [7, 11) is 0. The van der Waals surface area contributed by atoms with Crippen molar-refractivity contribution >= 4 is 11.6 Å². The van der Waals surface area contributed by atoms with E-state index in [2.05, 4.69) is 5.32 Å². The number of anilines is 1. The van der Waals surface area contributed by atoms with Gasteiger partial charge in [-0.1, -0.05) is 12.1 Å². The Hall–Kier alpha value is -2.36. The fourth-order valence-electron chi connectivity index (χ4n) is 2.07. The molecule has 2 aromatic carbocycles. The van der Waals surface area contributed by atoms with Gasteiger partial charge in [-0.2, -0.15) is 0 Å². The zero-order chi connectivity index (χ0) is 14.7. The Morgan fingerprint density at radius 1 is 1.25 bits per heavy atom. The number of benzene rings is 2. The highest BCUT2D eigenvalue weighted by atomic mass is 19.1. The lowest BCUT2D eigenvalue weighted by atomic mass is 10.1. The third-order valence-electron chi connectivity index (χ3n) is 3.19. The molecule has 104 valence electrons. The minimum absolute atomic E-state index is 0.171. The molecule has 0 saturated carbocycles. The summed E-state index contributed by atoms with van der Waals surface area (Å²) in [6.07, 6.45) is 0. The Morgan fingerprint density at radius 2 is 2.00 bits per heavy atom. The van der Waals surface area contributed by atoms with Gasteiger partial charge in [-0.05, 0) is 55.3 Å². The molecule has 0 radical (unpaired) electrons. The molecule has 20 heavy (non-hydrogen) atoms. The smallest absolute Gasteiger partial charge is 0.252 e. The lowest BCUT2D eigenvalue weighted by molar-refractivity contribution is 0.0939. The highest BCUT2D eigenvalue weighted by molar-refractivity contribution is 5.95. The van der Waals surface area contributed by atoms with Crippen LogP contribution in [0.25, 0.3) is 0 Å². The molecular weight excluding hydrogens is 255 g/mol. The van der Waals surface area contributed by atoms with Gasteiger partial charge < -0.3 is 11.1 Å². The molecular formula is C16H17FN2O. The quantitative estimate of drug-likeness (QED) is 0.843. The standard InChI is InChI=1S/C16H17FN2O/c1-10-8-13(17)6-7-15(10)16(20)19-11(2)12-4-3-5-14(18)9-12/h3-9,11H,18H2,1-2H3,(H,19,20). The van der Waals surface area contributed by atoms with Crippen LogP contribution < -0.4 is 11.1 Å². The molecule has 0 saturated heterocycles. The lowest BCUT2D eigenvalue weighted by Gasteiger charge is -2.15. The molecule has 4 heteroatoms. The number of nitrogens with one attached hydrogen (secondary N) is 1. The monoisotopic (exact) mass is 272 g/mol. The number of halogens is 1. The SMILES string of the molecule is Cc1cc(F)ccc1C(=O)NC(C)c1cccc(N)c1. The number of hydrogen-bond donors (Lipinski definition) is 2. The summed E-state index contributed by atoms with van der Waals surface area (Å²) in [5, 5.41) is 2.88. The van der Waals surface area contributed by atoms with E-state index >= 15 is 0 Å². The van der Waals surface area contributed by atoms with Crippen molar-refractivity contribution in [1.82, 2.24) is 5.32 Å². The molecule has 0 spiro atoms. The maximum atomic E-state index is 13.0. The van der Waals surface area contributed by atoms with Crippen molar-refractivity contribution in [2.24, 2.45) is 0 Å². The highest BCUT2D eigenvalue weighted by Crippen LogP contribution is 2.17. The molecule has 0 bridgehead atoms. The predicted octanol–water partition coefficient (Wildman–Crippen LogP) is 3.21. The number of rotatable bonds is 3. The molecule has 1 amide bonds. The molecule has 1 atom stereocenters. The first-order chi connectivity index (χ1) is 9.47. The molecule has 0 aromatic heterocycles. The fourth-order valence-corrected chi connectivity index (χ4v) is 2.07. The second-order valence-electron chi connectivity index (χ2n) is 4.82. The van der Waals surface area contributed by atoms with Crippen LogP contribution in [0.2, 0.25) is 0 Å². The molecule has 1 unspecified atom stereocenters. The summed E-state index contributed by atoms with van der Waals surface area (Å²) >= 11 is 0. The Bertz CT molecular complexity index is 640. The van der Waals surface area contributed by atoms with Gasteiger partial charge in [0, 0.05) is 11.3 Å². The van der Waals surface area contributed by atoms with E-state index in [0.717, 1.165) is 5.56 Å². The average molecular weight is 272 g/mol. The zero-order valence-electron chi connectivity index (χ0n) is 11.5. The van der Waals surface area contributed by atoms with Gasteiger partial charge in [0.05, 0.1) is 6.04 Å². The first kappa shape index (κ1) is 14.1. The first-order valence-electron chi connectivity index (χ1n) is 6.40. The molecule has 2 aromatic rings. The largest absolute Gasteiger partial charge is 0.399 e. The van der Waals surface area contributed by atoms with Gasteiger partial charge in [0.15, 0.2) is 0 Å². The third kappa shape index (κ3) is 3.15. The van der Waals surface area contributed by atoms with Crippen molar-refractivity contribution in [1.29, 1.82) is 0 Å². The summed E-state index contributed by atoms with van der Waals surface area (Å²) in [5.74, 6) is -0.569. The lowest BCUT2D eigenvalue weighted by Crippen LogP contribution is -2.27. The van der Waals surface area contributed by atoms with Crippen LogP contribution in [-0.2, 0) is 0 Å². The van der Waals surface area contributed by atoms with Crippen LogP contribution in [0.15, 0.2) is 42.5 Å². The van der Waals surface area contributed by atoms with Crippen molar-refractivity contribution < 1.29 is 9.18 Å². The number of hydrogen-bond acceptors (Lipinski definition) is 2. The van der Waals surface area contributed by atoms with Crippen molar-refractivity contribution in [3.8, 4) is 0 Å². The maximum absolute atomic E-state index is 13.0. The van der Waals surface area contributed by atoms with Crippen LogP contribution in [0, 0.1) is 12.7 Å². The minimum Gasteiger partial charge on any atom is -0.399 e. The maximum Gasteiger partial charge on any atom is 0.252 e. The number of carbonyl (C=O) groups excluding carboxylic acids is 1. The van der Waals surface area contributed by atoms with Gasteiger partial charge in [-0.25, -0.2) is 4.39 Å². The summed E-state index contributed by atoms with van der Waals surface area (Å²) in [4.78, 5) is 12.2. The Kier molecular flexibility index (Phi) is 4.03. The predicted molar refractivity (Wildman–Crippen MR) is 77.9 cm³/mol. The van der Waals surface area contributed by atoms with Crippen LogP contribution >= 0.6 is 0 Å². The first-order valence-corrected chi connectivity index (χ1v) is 6.40. The Morgan fingerprint density at radius 3 is 2.65 bits per heavy atom. The second kappa shape index (κ2) is 5.74. The highest BCUT2D eigenvalue weighted by Gasteiger charge is 2.13. The van der Waals surface area contributed by atoms with Crippen molar-refractivity contribution in [2.75, 3.05) is 5.73 Å². The molecule has 0 heterocycles. The number of nitrogens with two attached hydrogens (primary N) is 1. The Labute approximate surface area is 117 Å². The topological polar surface area (TPSA) is 55.1 Å². The van der Waals surface area contributed by atoms with E-state index in [9.17, 15) is 9.18 Å². The normalized spacial score (nSPS) is 11.9. The summed E-state index contributed by atoms with van der Waals surface area (Å²) in [6, 6.07) is 11.3. The molecule has 3 N–H and O–H groups in total. The molecule has 0 aliphatic heterocycles. The minimum atomic E-state index is -0.345. The van der Waals surface area contributed by atoms with Crippen molar-refractivity contribution in [2.45, 2.75) is 19.9 Å². The van der Waals surface area contributed by atoms with E-state index in [0.29, 0.717) is 16.8 Å². The van der Waals surface area contributed by atoms with Crippen molar-refractivity contribution in [3.05, 3.63) is 65.0 Å². The van der Waals surface area contributed by atoms with E-state index in [-0.39, 0.29) is 17.8 Å². The van der Waals surface area contributed by atoms with E-state index in [1.54, 1.807) is 13.0 Å². The molecule has 2 rings (SSSR count). The molecule has 0 aliphatic rings. The Balaban J connectivity index is 2.15.